The smallest absolute Gasteiger partial charge is 0.0541 e. The van der Waals surface area contributed by atoms with Crippen LogP contribution in [0.15, 0.2) is 23.1 Å². The van der Waals surface area contributed by atoms with Gasteiger partial charge in [-0.05, 0) is 29.9 Å². The van der Waals surface area contributed by atoms with E-state index in [1.54, 1.807) is 11.8 Å². The Morgan fingerprint density at radius 2 is 2.00 bits per heavy atom. The van der Waals surface area contributed by atoms with Gasteiger partial charge in [-0.25, -0.2) is 0 Å². The van der Waals surface area contributed by atoms with E-state index in [2.05, 4.69) is 26.0 Å². The van der Waals surface area contributed by atoms with Gasteiger partial charge in [-0.1, -0.05) is 31.5 Å². The van der Waals surface area contributed by atoms with Crippen molar-refractivity contribution in [3.05, 3.63) is 28.8 Å². The fourth-order valence-corrected chi connectivity index (χ4v) is 1.90. The zero-order valence-electron chi connectivity index (χ0n) is 7.60. The van der Waals surface area contributed by atoms with Crippen molar-refractivity contribution < 1.29 is 0 Å². The molecule has 1 aromatic rings. The molecule has 0 spiro atoms. The third-order valence-corrected chi connectivity index (χ3v) is 3.06. The van der Waals surface area contributed by atoms with Gasteiger partial charge in [0.25, 0.3) is 0 Å². The first-order chi connectivity index (χ1) is 5.65. The Labute approximate surface area is 83.3 Å². The number of thioether (sulfide) groups is 1. The fraction of sp³-hybridized carbons (Fsp3) is 0.400. The maximum atomic E-state index is 5.98. The van der Waals surface area contributed by atoms with Crippen LogP contribution in [0, 0.1) is 0 Å². The molecule has 66 valence electrons. The Bertz CT molecular complexity index is 269. The Kier molecular flexibility index (Phi) is 3.48. The number of rotatable bonds is 2. The van der Waals surface area contributed by atoms with Crippen molar-refractivity contribution in [1.82, 2.24) is 0 Å². The largest absolute Gasteiger partial charge is 0.128 e. The van der Waals surface area contributed by atoms with Crippen molar-refractivity contribution in [1.29, 1.82) is 0 Å². The second-order valence-corrected chi connectivity index (χ2v) is 4.30. The van der Waals surface area contributed by atoms with Crippen LogP contribution in [0.3, 0.4) is 0 Å². The number of benzene rings is 1. The van der Waals surface area contributed by atoms with E-state index in [1.807, 2.05) is 12.3 Å². The predicted octanol–water partition coefficient (Wildman–Crippen LogP) is 4.19. The van der Waals surface area contributed by atoms with Crippen molar-refractivity contribution in [2.75, 3.05) is 6.26 Å². The van der Waals surface area contributed by atoms with Crippen LogP contribution in [0.5, 0.6) is 0 Å². The molecule has 0 amide bonds. The SMILES string of the molecule is CSc1cc(C(C)C)ccc1Cl. The Balaban J connectivity index is 3.05. The van der Waals surface area contributed by atoms with E-state index in [4.69, 9.17) is 11.6 Å². The van der Waals surface area contributed by atoms with E-state index >= 15 is 0 Å². The predicted molar refractivity (Wildman–Crippen MR) is 57.3 cm³/mol. The summed E-state index contributed by atoms with van der Waals surface area (Å²) in [6, 6.07) is 6.23. The minimum atomic E-state index is 0.577. The highest BCUT2D eigenvalue weighted by Gasteiger charge is 2.03. The number of halogens is 1. The van der Waals surface area contributed by atoms with Gasteiger partial charge in [-0.3, -0.25) is 0 Å². The minimum Gasteiger partial charge on any atom is -0.128 e. The molecule has 0 saturated carbocycles. The molecule has 0 N–H and O–H groups in total. The lowest BCUT2D eigenvalue weighted by molar-refractivity contribution is 0.862. The lowest BCUT2D eigenvalue weighted by Gasteiger charge is -2.07. The van der Waals surface area contributed by atoms with Crippen molar-refractivity contribution in [3.8, 4) is 0 Å². The summed E-state index contributed by atoms with van der Waals surface area (Å²) in [6.07, 6.45) is 2.05. The molecule has 0 aliphatic rings. The molecule has 0 unspecified atom stereocenters. The summed E-state index contributed by atoms with van der Waals surface area (Å²) in [5, 5.41) is 0.854. The summed E-state index contributed by atoms with van der Waals surface area (Å²) in [5.74, 6) is 0.577. The van der Waals surface area contributed by atoms with Crippen LogP contribution in [-0.2, 0) is 0 Å². The molecule has 0 radical (unpaired) electrons. The summed E-state index contributed by atoms with van der Waals surface area (Å²) >= 11 is 7.68. The molecule has 1 aromatic carbocycles. The van der Waals surface area contributed by atoms with Crippen LogP contribution in [0.4, 0.5) is 0 Å². The van der Waals surface area contributed by atoms with E-state index in [0.29, 0.717) is 5.92 Å². The summed E-state index contributed by atoms with van der Waals surface area (Å²) in [5.41, 5.74) is 1.35. The first-order valence-electron chi connectivity index (χ1n) is 3.98. The highest BCUT2D eigenvalue weighted by molar-refractivity contribution is 7.98. The zero-order chi connectivity index (χ0) is 9.14. The first-order valence-corrected chi connectivity index (χ1v) is 5.59. The van der Waals surface area contributed by atoms with E-state index < -0.39 is 0 Å². The zero-order valence-corrected chi connectivity index (χ0v) is 9.17. The third-order valence-electron chi connectivity index (χ3n) is 1.84. The van der Waals surface area contributed by atoms with Crippen LogP contribution < -0.4 is 0 Å². The molecule has 0 fully saturated rings. The quantitative estimate of drug-likeness (QED) is 0.646. The van der Waals surface area contributed by atoms with Gasteiger partial charge in [-0.2, -0.15) is 0 Å². The molecule has 0 aromatic heterocycles. The summed E-state index contributed by atoms with van der Waals surface area (Å²) in [6.45, 7) is 4.38. The van der Waals surface area contributed by atoms with Crippen LogP contribution in [0.1, 0.15) is 25.3 Å². The Morgan fingerprint density at radius 1 is 1.33 bits per heavy atom. The minimum absolute atomic E-state index is 0.577. The average molecular weight is 201 g/mol. The molecule has 12 heavy (non-hydrogen) atoms. The van der Waals surface area contributed by atoms with E-state index in [0.717, 1.165) is 5.02 Å². The maximum absolute atomic E-state index is 5.98. The molecule has 1 rings (SSSR count). The molecule has 0 heterocycles. The van der Waals surface area contributed by atoms with Crippen molar-refractivity contribution in [2.24, 2.45) is 0 Å². The molecule has 0 atom stereocenters. The average Bonchev–Trinajstić information content (AvgIpc) is 2.05. The van der Waals surface area contributed by atoms with Gasteiger partial charge < -0.3 is 0 Å². The van der Waals surface area contributed by atoms with Crippen molar-refractivity contribution in [3.63, 3.8) is 0 Å². The number of hydrogen-bond acceptors (Lipinski definition) is 1. The van der Waals surface area contributed by atoms with Gasteiger partial charge in [0.05, 0.1) is 5.02 Å². The fourth-order valence-electron chi connectivity index (χ4n) is 1.04. The van der Waals surface area contributed by atoms with Gasteiger partial charge in [-0.15, -0.1) is 11.8 Å². The number of hydrogen-bond donors (Lipinski definition) is 0. The molecule has 0 saturated heterocycles. The second kappa shape index (κ2) is 4.20. The lowest BCUT2D eigenvalue weighted by atomic mass is 10.0. The van der Waals surface area contributed by atoms with E-state index in [9.17, 15) is 0 Å². The van der Waals surface area contributed by atoms with Gasteiger partial charge in [0.1, 0.15) is 0 Å². The molecule has 0 aliphatic heterocycles. The molecule has 2 heteroatoms. The van der Waals surface area contributed by atoms with Crippen LogP contribution in [0.25, 0.3) is 0 Å². The molecule has 0 aliphatic carbocycles. The Hall–Kier alpha value is -0.140. The molecular weight excluding hydrogens is 188 g/mol. The van der Waals surface area contributed by atoms with Crippen LogP contribution >= 0.6 is 23.4 Å². The monoisotopic (exact) mass is 200 g/mol. The Morgan fingerprint density at radius 3 is 2.50 bits per heavy atom. The highest BCUT2D eigenvalue weighted by Crippen LogP contribution is 2.28. The normalized spacial score (nSPS) is 10.8. The summed E-state index contributed by atoms with van der Waals surface area (Å²) in [7, 11) is 0. The third kappa shape index (κ3) is 2.18. The van der Waals surface area contributed by atoms with Gasteiger partial charge in [0.15, 0.2) is 0 Å². The standard InChI is InChI=1S/C10H13ClS/c1-7(2)8-4-5-9(11)10(6-8)12-3/h4-7H,1-3H3. The topological polar surface area (TPSA) is 0 Å². The van der Waals surface area contributed by atoms with Crippen LogP contribution in [-0.4, -0.2) is 6.26 Å². The summed E-state index contributed by atoms with van der Waals surface area (Å²) in [4.78, 5) is 1.17. The molecule has 0 nitrogen and oxygen atoms in total. The second-order valence-electron chi connectivity index (χ2n) is 3.05. The first kappa shape index (κ1) is 9.94. The maximum Gasteiger partial charge on any atom is 0.0541 e. The summed E-state index contributed by atoms with van der Waals surface area (Å²) < 4.78 is 0. The van der Waals surface area contributed by atoms with Crippen molar-refractivity contribution in [2.45, 2.75) is 24.7 Å². The van der Waals surface area contributed by atoms with E-state index in [1.165, 1.54) is 10.5 Å². The van der Waals surface area contributed by atoms with Gasteiger partial charge >= 0.3 is 0 Å². The molecule has 0 bridgehead atoms. The van der Waals surface area contributed by atoms with Crippen LogP contribution in [0.2, 0.25) is 5.02 Å². The van der Waals surface area contributed by atoms with Crippen molar-refractivity contribution >= 4 is 23.4 Å². The van der Waals surface area contributed by atoms with Gasteiger partial charge in [0, 0.05) is 4.90 Å². The molecular formula is C10H13ClS. The lowest BCUT2D eigenvalue weighted by Crippen LogP contribution is -1.87. The van der Waals surface area contributed by atoms with E-state index in [-0.39, 0.29) is 0 Å². The van der Waals surface area contributed by atoms with Gasteiger partial charge in [0.2, 0.25) is 0 Å². The highest BCUT2D eigenvalue weighted by atomic mass is 35.5.